The van der Waals surface area contributed by atoms with Gasteiger partial charge in [-0.15, -0.1) is 0 Å². The highest BCUT2D eigenvalue weighted by atomic mass is 32.2. The number of aromatic nitrogens is 2. The van der Waals surface area contributed by atoms with E-state index in [4.69, 9.17) is 0 Å². The number of benzene rings is 3. The summed E-state index contributed by atoms with van der Waals surface area (Å²) >= 11 is 1.94. The van der Waals surface area contributed by atoms with E-state index in [1.807, 2.05) is 18.0 Å². The van der Waals surface area contributed by atoms with Crippen molar-refractivity contribution in [2.75, 3.05) is 23.5 Å². The molecule has 0 amide bonds. The number of thioether (sulfide) groups is 1. The van der Waals surface area contributed by atoms with E-state index in [-0.39, 0.29) is 0 Å². The second-order valence-electron chi connectivity index (χ2n) is 8.56. The molecule has 0 radical (unpaired) electrons. The molecule has 3 aromatic carbocycles. The van der Waals surface area contributed by atoms with Gasteiger partial charge < -0.3 is 9.88 Å². The normalized spacial score (nSPS) is 16.8. The van der Waals surface area contributed by atoms with Crippen LogP contribution in [0.25, 0.3) is 10.8 Å². The lowest BCUT2D eigenvalue weighted by molar-refractivity contribution is 0.182. The van der Waals surface area contributed by atoms with E-state index in [1.54, 1.807) is 6.33 Å². The van der Waals surface area contributed by atoms with Crippen molar-refractivity contribution in [2.24, 2.45) is 0 Å². The van der Waals surface area contributed by atoms with Gasteiger partial charge >= 0.3 is 0 Å². The monoisotopic (exact) mass is 442 g/mol. The van der Waals surface area contributed by atoms with Crippen LogP contribution in [0, 0.1) is 0 Å². The number of hydrogen-bond donors (Lipinski definition) is 1. The van der Waals surface area contributed by atoms with Gasteiger partial charge in [-0.1, -0.05) is 60.7 Å². The first-order valence-electron chi connectivity index (χ1n) is 11.3. The van der Waals surface area contributed by atoms with Crippen molar-refractivity contribution >= 4 is 28.2 Å². The summed E-state index contributed by atoms with van der Waals surface area (Å²) in [4.78, 5) is 12.8. The highest BCUT2D eigenvalue weighted by Crippen LogP contribution is 2.31. The van der Waals surface area contributed by atoms with Crippen molar-refractivity contribution in [3.63, 3.8) is 0 Å². The molecule has 0 saturated carbocycles. The third-order valence-corrected chi connectivity index (χ3v) is 7.12. The molecular formula is C27H30N4S. The smallest absolute Gasteiger partial charge is 0.0922 e. The summed E-state index contributed by atoms with van der Waals surface area (Å²) in [6.07, 6.45) is 7.11. The van der Waals surface area contributed by atoms with Gasteiger partial charge in [0, 0.05) is 37.6 Å². The Bertz CT molecular complexity index is 1150. The summed E-state index contributed by atoms with van der Waals surface area (Å²) in [6.45, 7) is 3.81. The number of anilines is 1. The quantitative estimate of drug-likeness (QED) is 0.398. The minimum Gasteiger partial charge on any atom is -0.364 e. The van der Waals surface area contributed by atoms with Gasteiger partial charge in [0.15, 0.2) is 0 Å². The van der Waals surface area contributed by atoms with Crippen molar-refractivity contribution in [1.82, 2.24) is 14.9 Å². The first-order valence-corrected chi connectivity index (χ1v) is 12.7. The molecule has 1 aliphatic heterocycles. The lowest BCUT2D eigenvalue weighted by Gasteiger charge is -2.33. The van der Waals surface area contributed by atoms with Crippen molar-refractivity contribution in [1.29, 1.82) is 0 Å². The van der Waals surface area contributed by atoms with Crippen LogP contribution in [0.1, 0.15) is 23.2 Å². The average Bonchev–Trinajstić information content (AvgIpc) is 3.29. The summed E-state index contributed by atoms with van der Waals surface area (Å²) in [5, 5.41) is 2.69. The number of fused-ring (bicyclic) bond motifs is 2. The number of rotatable bonds is 7. The molecule has 0 bridgehead atoms. The lowest BCUT2D eigenvalue weighted by Crippen LogP contribution is -2.41. The van der Waals surface area contributed by atoms with Gasteiger partial charge in [-0.3, -0.25) is 4.90 Å². The van der Waals surface area contributed by atoms with E-state index in [2.05, 4.69) is 92.8 Å². The van der Waals surface area contributed by atoms with Crippen molar-refractivity contribution in [2.45, 2.75) is 32.1 Å². The van der Waals surface area contributed by atoms with Crippen LogP contribution < -0.4 is 4.90 Å². The Hall–Kier alpha value is -2.76. The molecule has 1 aliphatic rings. The molecule has 0 fully saturated rings. The highest BCUT2D eigenvalue weighted by molar-refractivity contribution is 7.98. The molecule has 0 saturated heterocycles. The Balaban J connectivity index is 1.50. The molecule has 4 aromatic rings. The molecule has 32 heavy (non-hydrogen) atoms. The zero-order valence-corrected chi connectivity index (χ0v) is 19.4. The molecule has 5 heteroatoms. The topological polar surface area (TPSA) is 35.2 Å². The minimum absolute atomic E-state index is 0.483. The van der Waals surface area contributed by atoms with E-state index < -0.39 is 0 Å². The van der Waals surface area contributed by atoms with Gasteiger partial charge in [0.25, 0.3) is 0 Å². The van der Waals surface area contributed by atoms with Gasteiger partial charge in [-0.25, -0.2) is 4.98 Å². The van der Waals surface area contributed by atoms with Crippen molar-refractivity contribution in [3.05, 3.63) is 96.1 Å². The molecule has 4 nitrogen and oxygen atoms in total. The number of nitrogens with zero attached hydrogens (tertiary/aromatic N) is 3. The number of para-hydroxylation sites is 1. The number of H-pyrrole nitrogens is 1. The van der Waals surface area contributed by atoms with Gasteiger partial charge in [0.2, 0.25) is 0 Å². The Morgan fingerprint density at radius 1 is 1.00 bits per heavy atom. The summed E-state index contributed by atoms with van der Waals surface area (Å²) < 4.78 is 0. The van der Waals surface area contributed by atoms with Gasteiger partial charge in [-0.05, 0) is 46.4 Å². The molecule has 1 aromatic heterocycles. The summed E-state index contributed by atoms with van der Waals surface area (Å²) in [6, 6.07) is 24.9. The molecule has 2 heterocycles. The zero-order valence-electron chi connectivity index (χ0n) is 18.6. The summed E-state index contributed by atoms with van der Waals surface area (Å²) in [7, 11) is 0. The lowest BCUT2D eigenvalue weighted by atomic mass is 10.0. The average molecular weight is 443 g/mol. The molecule has 1 N–H and O–H groups in total. The number of aromatic amines is 1. The van der Waals surface area contributed by atoms with Crippen LogP contribution in [0.4, 0.5) is 5.69 Å². The Kier molecular flexibility index (Phi) is 6.46. The predicted octanol–water partition coefficient (Wildman–Crippen LogP) is 5.71. The van der Waals surface area contributed by atoms with Crippen LogP contribution in [0.5, 0.6) is 0 Å². The maximum atomic E-state index is 4.24. The van der Waals surface area contributed by atoms with Crippen LogP contribution in [0.15, 0.2) is 79.3 Å². The molecule has 1 atom stereocenters. The van der Waals surface area contributed by atoms with Crippen molar-refractivity contribution < 1.29 is 0 Å². The van der Waals surface area contributed by atoms with Crippen LogP contribution in [-0.4, -0.2) is 39.5 Å². The SMILES string of the molecule is CSCC[C@H]1CN(Cc2cnc[nH]2)c2ccccc2CN1Cc1cccc2ccccc12. The number of nitrogens with one attached hydrogen (secondary N) is 1. The van der Waals surface area contributed by atoms with E-state index in [1.165, 1.54) is 39.8 Å². The van der Waals surface area contributed by atoms with Gasteiger partial charge in [0.05, 0.1) is 18.6 Å². The van der Waals surface area contributed by atoms with Gasteiger partial charge in [-0.2, -0.15) is 11.8 Å². The number of imidazole rings is 1. The maximum Gasteiger partial charge on any atom is 0.0922 e. The largest absolute Gasteiger partial charge is 0.364 e. The second kappa shape index (κ2) is 9.80. The van der Waals surface area contributed by atoms with Crippen LogP contribution in [0.2, 0.25) is 0 Å². The fraction of sp³-hybridized carbons (Fsp3) is 0.296. The van der Waals surface area contributed by atoms with Gasteiger partial charge in [0.1, 0.15) is 0 Å². The van der Waals surface area contributed by atoms with E-state index in [0.29, 0.717) is 6.04 Å². The molecule has 164 valence electrons. The van der Waals surface area contributed by atoms with E-state index in [0.717, 1.165) is 31.9 Å². The predicted molar refractivity (Wildman–Crippen MR) is 136 cm³/mol. The fourth-order valence-corrected chi connectivity index (χ4v) is 5.37. The maximum absolute atomic E-state index is 4.24. The molecular weight excluding hydrogens is 412 g/mol. The Morgan fingerprint density at radius 2 is 1.84 bits per heavy atom. The van der Waals surface area contributed by atoms with E-state index >= 15 is 0 Å². The minimum atomic E-state index is 0.483. The Morgan fingerprint density at radius 3 is 2.72 bits per heavy atom. The van der Waals surface area contributed by atoms with E-state index in [9.17, 15) is 0 Å². The zero-order chi connectivity index (χ0) is 21.8. The standard InChI is InChI=1S/C27H30N4S/c1-32-14-13-25-19-31(18-24-15-28-20-29-24)27-12-5-3-8-23(27)17-30(25)16-22-10-6-9-21-7-2-4-11-26(21)22/h2-12,15,20,25H,13-14,16-19H2,1H3,(H,28,29)/t25-/m0/s1. The van der Waals surface area contributed by atoms with Crippen molar-refractivity contribution in [3.8, 4) is 0 Å². The molecule has 0 aliphatic carbocycles. The first kappa shape index (κ1) is 21.1. The first-order chi connectivity index (χ1) is 15.8. The second-order valence-corrected chi connectivity index (χ2v) is 9.55. The number of hydrogen-bond acceptors (Lipinski definition) is 4. The molecule has 5 rings (SSSR count). The highest BCUT2D eigenvalue weighted by Gasteiger charge is 2.28. The van der Waals surface area contributed by atoms with Crippen LogP contribution in [-0.2, 0) is 19.6 Å². The third-order valence-electron chi connectivity index (χ3n) is 6.48. The summed E-state index contributed by atoms with van der Waals surface area (Å²) in [5.74, 6) is 1.17. The molecule has 0 unspecified atom stereocenters. The van der Waals surface area contributed by atoms with Crippen LogP contribution >= 0.6 is 11.8 Å². The molecule has 0 spiro atoms. The Labute approximate surface area is 194 Å². The third kappa shape index (κ3) is 4.54. The fourth-order valence-electron chi connectivity index (χ4n) is 4.86. The van der Waals surface area contributed by atoms with Crippen LogP contribution in [0.3, 0.4) is 0 Å². The summed E-state index contributed by atoms with van der Waals surface area (Å²) in [5.41, 5.74) is 5.32.